The average molecular weight is 398 g/mol. The quantitative estimate of drug-likeness (QED) is 0.672. The molecule has 0 radical (unpaired) electrons. The maximum atomic E-state index is 13.1. The van der Waals surface area contributed by atoms with E-state index in [-0.39, 0.29) is 18.1 Å². The van der Waals surface area contributed by atoms with Crippen LogP contribution in [0.2, 0.25) is 0 Å². The molecule has 6 nitrogen and oxygen atoms in total. The zero-order chi connectivity index (χ0) is 20.4. The van der Waals surface area contributed by atoms with E-state index < -0.39 is 6.61 Å². The number of hydrogen-bond acceptors (Lipinski definition) is 5. The number of rotatable bonds is 4. The van der Waals surface area contributed by atoms with Gasteiger partial charge in [0.1, 0.15) is 5.75 Å². The lowest BCUT2D eigenvalue weighted by molar-refractivity contribution is -0.118. The Morgan fingerprint density at radius 3 is 2.34 bits per heavy atom. The van der Waals surface area contributed by atoms with E-state index in [2.05, 4.69) is 4.74 Å². The Morgan fingerprint density at radius 2 is 1.69 bits per heavy atom. The van der Waals surface area contributed by atoms with Crippen molar-refractivity contribution in [3.63, 3.8) is 0 Å². The Hall–Kier alpha value is -3.29. The van der Waals surface area contributed by atoms with E-state index in [9.17, 15) is 13.6 Å². The van der Waals surface area contributed by atoms with E-state index in [1.54, 1.807) is 17.0 Å². The first-order valence-electron chi connectivity index (χ1n) is 9.33. The van der Waals surface area contributed by atoms with Crippen molar-refractivity contribution >= 4 is 28.6 Å². The van der Waals surface area contributed by atoms with Crippen LogP contribution in [0.3, 0.4) is 0 Å². The summed E-state index contributed by atoms with van der Waals surface area (Å²) in [6.07, 6.45) is 0.921. The molecule has 2 heterocycles. The van der Waals surface area contributed by atoms with Crippen molar-refractivity contribution in [1.29, 1.82) is 0 Å². The van der Waals surface area contributed by atoms with Crippen LogP contribution in [-0.4, -0.2) is 42.6 Å². The minimum atomic E-state index is -2.87. The van der Waals surface area contributed by atoms with E-state index in [0.29, 0.717) is 23.7 Å². The van der Waals surface area contributed by atoms with Gasteiger partial charge in [0.15, 0.2) is 11.6 Å². The van der Waals surface area contributed by atoms with Crippen LogP contribution in [0.15, 0.2) is 48.5 Å². The summed E-state index contributed by atoms with van der Waals surface area (Å²) in [6.45, 7) is -1.57. The molecule has 0 N–H and O–H groups in total. The number of anilines is 2. The fourth-order valence-corrected chi connectivity index (χ4v) is 3.40. The molecule has 150 valence electrons. The highest BCUT2D eigenvalue weighted by Gasteiger charge is 2.26. The van der Waals surface area contributed by atoms with Gasteiger partial charge in [-0.25, -0.2) is 9.97 Å². The molecule has 0 aliphatic carbocycles. The molecule has 1 aliphatic heterocycles. The largest absolute Gasteiger partial charge is 0.435 e. The number of halogens is 2. The van der Waals surface area contributed by atoms with Crippen LogP contribution in [0.5, 0.6) is 5.75 Å². The number of alkyl halides is 2. The van der Waals surface area contributed by atoms with E-state index in [4.69, 9.17) is 9.97 Å². The number of fused-ring (bicyclic) bond motifs is 2. The van der Waals surface area contributed by atoms with Crippen molar-refractivity contribution in [2.75, 3.05) is 29.9 Å². The van der Waals surface area contributed by atoms with Gasteiger partial charge in [-0.15, -0.1) is 0 Å². The molecule has 2 aromatic carbocycles. The van der Waals surface area contributed by atoms with Crippen molar-refractivity contribution in [3.05, 3.63) is 54.1 Å². The zero-order valence-corrected chi connectivity index (χ0v) is 15.9. The number of benzene rings is 2. The maximum absolute atomic E-state index is 13.1. The van der Waals surface area contributed by atoms with Gasteiger partial charge in [0.2, 0.25) is 5.91 Å². The first-order chi connectivity index (χ1) is 14.0. The van der Waals surface area contributed by atoms with Crippen LogP contribution in [-0.2, 0) is 11.2 Å². The van der Waals surface area contributed by atoms with Crippen LogP contribution in [0.25, 0.3) is 11.0 Å². The zero-order valence-electron chi connectivity index (χ0n) is 15.9. The lowest BCUT2D eigenvalue weighted by atomic mass is 10.1. The fourth-order valence-electron chi connectivity index (χ4n) is 3.40. The van der Waals surface area contributed by atoms with Crippen LogP contribution >= 0.6 is 0 Å². The molecule has 1 amide bonds. The predicted octanol–water partition coefficient (Wildman–Crippen LogP) is 3.65. The Bertz CT molecular complexity index is 1030. The number of ether oxygens (including phenoxy) is 1. The third-order valence-corrected chi connectivity index (χ3v) is 4.83. The number of para-hydroxylation sites is 2. The van der Waals surface area contributed by atoms with Gasteiger partial charge in [-0.1, -0.05) is 24.3 Å². The molecule has 4 rings (SSSR count). The topological polar surface area (TPSA) is 58.6 Å². The summed E-state index contributed by atoms with van der Waals surface area (Å²) in [5, 5.41) is 0. The third kappa shape index (κ3) is 4.11. The van der Waals surface area contributed by atoms with E-state index >= 15 is 0 Å². The first-order valence-corrected chi connectivity index (χ1v) is 9.33. The van der Waals surface area contributed by atoms with Gasteiger partial charge in [-0.2, -0.15) is 8.78 Å². The van der Waals surface area contributed by atoms with Crippen molar-refractivity contribution in [2.24, 2.45) is 0 Å². The third-order valence-electron chi connectivity index (χ3n) is 4.83. The summed E-state index contributed by atoms with van der Waals surface area (Å²) < 4.78 is 28.9. The van der Waals surface area contributed by atoms with Gasteiger partial charge >= 0.3 is 6.61 Å². The Morgan fingerprint density at radius 1 is 1.03 bits per heavy atom. The van der Waals surface area contributed by atoms with Gasteiger partial charge in [0.05, 0.1) is 17.5 Å². The number of amides is 1. The van der Waals surface area contributed by atoms with Gasteiger partial charge in [-0.05, 0) is 36.2 Å². The maximum Gasteiger partial charge on any atom is 0.387 e. The number of carbonyl (C=O) groups excluding carboxylic acids is 1. The Balaban J connectivity index is 1.61. The SMILES string of the molecule is CN1CCCN(C(=O)Cc2ccc(OC(F)F)cc2)c2nc3ccccc3nc21. The lowest BCUT2D eigenvalue weighted by Crippen LogP contribution is -2.33. The van der Waals surface area contributed by atoms with Gasteiger partial charge < -0.3 is 9.64 Å². The Labute approximate surface area is 166 Å². The van der Waals surface area contributed by atoms with E-state index in [0.717, 1.165) is 24.0 Å². The summed E-state index contributed by atoms with van der Waals surface area (Å²) in [7, 11) is 1.94. The summed E-state index contributed by atoms with van der Waals surface area (Å²) >= 11 is 0. The number of hydrogen-bond donors (Lipinski definition) is 0. The smallest absolute Gasteiger partial charge is 0.387 e. The average Bonchev–Trinajstić information content (AvgIpc) is 2.86. The van der Waals surface area contributed by atoms with Crippen molar-refractivity contribution in [1.82, 2.24) is 9.97 Å². The minimum absolute atomic E-state index is 0.0651. The van der Waals surface area contributed by atoms with Crippen LogP contribution in [0, 0.1) is 0 Å². The van der Waals surface area contributed by atoms with Crippen molar-refractivity contribution in [3.8, 4) is 5.75 Å². The van der Waals surface area contributed by atoms with Gasteiger partial charge in [-0.3, -0.25) is 9.69 Å². The van der Waals surface area contributed by atoms with Crippen LogP contribution < -0.4 is 14.5 Å². The van der Waals surface area contributed by atoms with Gasteiger partial charge in [0, 0.05) is 20.1 Å². The fraction of sp³-hybridized carbons (Fsp3) is 0.286. The normalized spacial score (nSPS) is 14.1. The molecular formula is C21H20F2N4O2. The molecule has 3 aromatic rings. The van der Waals surface area contributed by atoms with E-state index in [1.807, 2.05) is 36.2 Å². The second-order valence-electron chi connectivity index (χ2n) is 6.88. The summed E-state index contributed by atoms with van der Waals surface area (Å²) in [5.41, 5.74) is 2.22. The highest BCUT2D eigenvalue weighted by Crippen LogP contribution is 2.30. The molecule has 0 spiro atoms. The number of carbonyl (C=O) groups is 1. The standard InChI is InChI=1S/C21H20F2N4O2/c1-26-11-4-12-27(20-19(26)24-16-5-2-3-6-17(16)25-20)18(28)13-14-7-9-15(10-8-14)29-21(22)23/h2-3,5-10,21H,4,11-13H2,1H3. The van der Waals surface area contributed by atoms with Crippen molar-refractivity contribution in [2.45, 2.75) is 19.5 Å². The molecule has 0 unspecified atom stereocenters. The first kappa shape index (κ1) is 19.0. The Kier molecular flexibility index (Phi) is 5.24. The molecule has 1 aliphatic rings. The summed E-state index contributed by atoms with van der Waals surface area (Å²) in [5.74, 6) is 1.17. The van der Waals surface area contributed by atoms with Crippen LogP contribution in [0.1, 0.15) is 12.0 Å². The van der Waals surface area contributed by atoms with E-state index in [1.165, 1.54) is 12.1 Å². The molecule has 29 heavy (non-hydrogen) atoms. The molecule has 0 saturated heterocycles. The highest BCUT2D eigenvalue weighted by atomic mass is 19.3. The highest BCUT2D eigenvalue weighted by molar-refractivity contribution is 5.97. The molecule has 0 fully saturated rings. The molecule has 8 heteroatoms. The van der Waals surface area contributed by atoms with Gasteiger partial charge in [0.25, 0.3) is 0 Å². The second kappa shape index (κ2) is 7.98. The summed E-state index contributed by atoms with van der Waals surface area (Å²) in [4.78, 5) is 26.2. The lowest BCUT2D eigenvalue weighted by Gasteiger charge is -2.23. The molecular weight excluding hydrogens is 378 g/mol. The molecule has 0 saturated carbocycles. The monoisotopic (exact) mass is 398 g/mol. The molecule has 0 atom stereocenters. The minimum Gasteiger partial charge on any atom is -0.435 e. The van der Waals surface area contributed by atoms with Crippen molar-refractivity contribution < 1.29 is 18.3 Å². The number of nitrogens with zero attached hydrogens (tertiary/aromatic N) is 4. The second-order valence-corrected chi connectivity index (χ2v) is 6.88. The number of aromatic nitrogens is 2. The van der Waals surface area contributed by atoms with Crippen LogP contribution in [0.4, 0.5) is 20.4 Å². The molecule has 0 bridgehead atoms. The predicted molar refractivity (Wildman–Crippen MR) is 107 cm³/mol. The molecule has 1 aromatic heterocycles. The summed E-state index contributed by atoms with van der Waals surface area (Å²) in [6, 6.07) is 13.7.